The number of aromatic amines is 1. The first kappa shape index (κ1) is 15.5. The summed E-state index contributed by atoms with van der Waals surface area (Å²) in [6.45, 7) is 2.02. The summed E-state index contributed by atoms with van der Waals surface area (Å²) in [5, 5.41) is 9.13. The third-order valence-electron chi connectivity index (χ3n) is 4.48. The highest BCUT2D eigenvalue weighted by atomic mass is 16.5. The number of fused-ring (bicyclic) bond motifs is 1. The molecule has 0 saturated heterocycles. The number of para-hydroxylation sites is 1. The molecule has 0 amide bonds. The minimum atomic E-state index is -0.241. The molecule has 0 unspecified atom stereocenters. The predicted octanol–water partition coefficient (Wildman–Crippen LogP) is 3.43. The summed E-state index contributed by atoms with van der Waals surface area (Å²) in [6.07, 6.45) is 4.28. The van der Waals surface area contributed by atoms with Gasteiger partial charge >= 0.3 is 5.97 Å². The number of H-pyrrole nitrogens is 1. The highest BCUT2D eigenvalue weighted by Gasteiger charge is 2.28. The van der Waals surface area contributed by atoms with Gasteiger partial charge in [-0.25, -0.2) is 4.98 Å². The van der Waals surface area contributed by atoms with Crippen LogP contribution in [-0.2, 0) is 16.0 Å². The van der Waals surface area contributed by atoms with E-state index >= 15 is 0 Å². The maximum absolute atomic E-state index is 12.1. The average Bonchev–Trinajstić information content (AvgIpc) is 2.98. The Balaban J connectivity index is 1.57. The number of hydrogen-bond acceptors (Lipinski definition) is 4. The molecule has 5 nitrogen and oxygen atoms in total. The molecule has 0 radical (unpaired) electrons. The van der Waals surface area contributed by atoms with E-state index in [2.05, 4.69) is 16.0 Å². The minimum absolute atomic E-state index is 0.151. The largest absolute Gasteiger partial charge is 0.461 e. The monoisotopic (exact) mass is 311 g/mol. The highest BCUT2D eigenvalue weighted by Crippen LogP contribution is 2.26. The third kappa shape index (κ3) is 3.53. The van der Waals surface area contributed by atoms with Crippen LogP contribution in [0.5, 0.6) is 0 Å². The van der Waals surface area contributed by atoms with E-state index in [1.54, 1.807) is 0 Å². The van der Waals surface area contributed by atoms with Gasteiger partial charge in [-0.15, -0.1) is 0 Å². The summed E-state index contributed by atoms with van der Waals surface area (Å²) in [7, 11) is 0. The zero-order valence-corrected chi connectivity index (χ0v) is 13.3. The van der Waals surface area contributed by atoms with Gasteiger partial charge in [0.25, 0.3) is 0 Å². The van der Waals surface area contributed by atoms with Crippen molar-refractivity contribution >= 4 is 17.0 Å². The Labute approximate surface area is 135 Å². The van der Waals surface area contributed by atoms with Crippen molar-refractivity contribution in [2.24, 2.45) is 5.92 Å². The fraction of sp³-hybridized carbons (Fsp3) is 0.500. The molecule has 1 aliphatic carbocycles. The maximum atomic E-state index is 12.1. The summed E-state index contributed by atoms with van der Waals surface area (Å²) in [5.41, 5.74) is 3.06. The Hall–Kier alpha value is -2.35. The Bertz CT molecular complexity index is 744. The second kappa shape index (κ2) is 6.82. The summed E-state index contributed by atoms with van der Waals surface area (Å²) >= 11 is 0. The van der Waals surface area contributed by atoms with Crippen molar-refractivity contribution < 1.29 is 9.53 Å². The lowest BCUT2D eigenvalue weighted by Crippen LogP contribution is -2.29. The maximum Gasteiger partial charge on any atom is 0.306 e. The van der Waals surface area contributed by atoms with Crippen molar-refractivity contribution in [3.05, 3.63) is 29.6 Å². The molecule has 0 bridgehead atoms. The lowest BCUT2D eigenvalue weighted by Gasteiger charge is -2.26. The number of aryl methyl sites for hydroxylation is 2. The van der Waals surface area contributed by atoms with Gasteiger partial charge in [-0.1, -0.05) is 18.6 Å². The van der Waals surface area contributed by atoms with Gasteiger partial charge in [0.15, 0.2) is 0 Å². The summed E-state index contributed by atoms with van der Waals surface area (Å²) in [5.74, 6) is 0.405. The number of nitrogens with zero attached hydrogens (tertiary/aromatic N) is 2. The number of hydrogen-bond donors (Lipinski definition) is 1. The van der Waals surface area contributed by atoms with E-state index < -0.39 is 0 Å². The molecule has 1 saturated carbocycles. The minimum Gasteiger partial charge on any atom is -0.461 e. The van der Waals surface area contributed by atoms with Crippen LogP contribution >= 0.6 is 0 Å². The Morgan fingerprint density at radius 1 is 1.43 bits per heavy atom. The van der Waals surface area contributed by atoms with Gasteiger partial charge in [0.1, 0.15) is 11.9 Å². The van der Waals surface area contributed by atoms with Crippen molar-refractivity contribution in [2.75, 3.05) is 0 Å². The summed E-state index contributed by atoms with van der Waals surface area (Å²) in [4.78, 5) is 19.8. The molecule has 1 aliphatic rings. The standard InChI is InChI=1S/C18H21N3O2/c1-12-5-4-7-14-18(12)21-16(20-14)9-10-17(22)23-15-8-3-2-6-13(15)11-19/h4-5,7,13,15H,2-3,6,8-10H2,1H3,(H,20,21)/t13-,15-/m1/s1. The van der Waals surface area contributed by atoms with Gasteiger partial charge in [0.2, 0.25) is 0 Å². The molecule has 1 aromatic carbocycles. The van der Waals surface area contributed by atoms with Gasteiger partial charge in [-0.2, -0.15) is 5.26 Å². The highest BCUT2D eigenvalue weighted by molar-refractivity contribution is 5.78. The van der Waals surface area contributed by atoms with Gasteiger partial charge in [0, 0.05) is 6.42 Å². The van der Waals surface area contributed by atoms with Crippen molar-refractivity contribution in [3.8, 4) is 6.07 Å². The van der Waals surface area contributed by atoms with Gasteiger partial charge in [0.05, 0.1) is 29.4 Å². The number of nitriles is 1. The summed E-state index contributed by atoms with van der Waals surface area (Å²) < 4.78 is 5.51. The van der Waals surface area contributed by atoms with Crippen LogP contribution in [0.1, 0.15) is 43.5 Å². The Morgan fingerprint density at radius 2 is 2.26 bits per heavy atom. The first-order valence-electron chi connectivity index (χ1n) is 8.20. The van der Waals surface area contributed by atoms with E-state index in [4.69, 9.17) is 10.00 Å². The van der Waals surface area contributed by atoms with Gasteiger partial charge in [-0.05, 0) is 37.8 Å². The molecule has 5 heteroatoms. The van der Waals surface area contributed by atoms with Crippen molar-refractivity contribution in [1.29, 1.82) is 5.26 Å². The zero-order valence-electron chi connectivity index (χ0n) is 13.3. The van der Waals surface area contributed by atoms with Crippen molar-refractivity contribution in [2.45, 2.75) is 51.6 Å². The lowest BCUT2D eigenvalue weighted by atomic mass is 9.87. The van der Waals surface area contributed by atoms with Crippen LogP contribution in [0.2, 0.25) is 0 Å². The lowest BCUT2D eigenvalue weighted by molar-refractivity contribution is -0.152. The van der Waals surface area contributed by atoms with Crippen LogP contribution in [0.15, 0.2) is 18.2 Å². The third-order valence-corrected chi connectivity index (χ3v) is 4.48. The van der Waals surface area contributed by atoms with E-state index in [1.165, 1.54) is 0 Å². The van der Waals surface area contributed by atoms with E-state index in [9.17, 15) is 4.79 Å². The van der Waals surface area contributed by atoms with Crippen LogP contribution in [0, 0.1) is 24.2 Å². The van der Waals surface area contributed by atoms with E-state index in [0.29, 0.717) is 6.42 Å². The SMILES string of the molecule is Cc1cccc2[nH]c(CCC(=O)O[C@@H]3CCCC[C@@H]3C#N)nc12. The van der Waals surface area contributed by atoms with Gasteiger partial charge < -0.3 is 9.72 Å². The fourth-order valence-corrected chi connectivity index (χ4v) is 3.18. The number of carbonyl (C=O) groups excluding carboxylic acids is 1. The number of nitrogens with one attached hydrogen (secondary N) is 1. The number of rotatable bonds is 4. The Kier molecular flexibility index (Phi) is 4.61. The summed E-state index contributed by atoms with van der Waals surface area (Å²) in [6, 6.07) is 8.25. The van der Waals surface area contributed by atoms with Crippen LogP contribution in [0.25, 0.3) is 11.0 Å². The first-order chi connectivity index (χ1) is 11.2. The number of aromatic nitrogens is 2. The number of imidazole rings is 1. The van der Waals surface area contributed by atoms with Crippen molar-refractivity contribution in [3.63, 3.8) is 0 Å². The molecule has 1 heterocycles. The van der Waals surface area contributed by atoms with Gasteiger partial charge in [-0.3, -0.25) is 4.79 Å². The molecule has 3 rings (SSSR count). The molecule has 23 heavy (non-hydrogen) atoms. The molecule has 0 spiro atoms. The number of esters is 1. The molecule has 120 valence electrons. The molecule has 1 fully saturated rings. The smallest absolute Gasteiger partial charge is 0.306 e. The molecule has 1 N–H and O–H groups in total. The van der Waals surface area contributed by atoms with E-state index in [1.807, 2.05) is 25.1 Å². The quantitative estimate of drug-likeness (QED) is 0.877. The molecule has 1 aromatic heterocycles. The number of ether oxygens (including phenoxy) is 1. The fourth-order valence-electron chi connectivity index (χ4n) is 3.18. The van der Waals surface area contributed by atoms with Crippen LogP contribution in [0.3, 0.4) is 0 Å². The second-order valence-electron chi connectivity index (χ2n) is 6.20. The van der Waals surface area contributed by atoms with Crippen molar-refractivity contribution in [1.82, 2.24) is 9.97 Å². The molecule has 0 aliphatic heterocycles. The predicted molar refractivity (Wildman–Crippen MR) is 86.6 cm³/mol. The molecular formula is C18H21N3O2. The second-order valence-corrected chi connectivity index (χ2v) is 6.20. The normalized spacial score (nSPS) is 21.0. The van der Waals surface area contributed by atoms with Crippen LogP contribution in [-0.4, -0.2) is 22.0 Å². The van der Waals surface area contributed by atoms with Crippen LogP contribution < -0.4 is 0 Å². The first-order valence-corrected chi connectivity index (χ1v) is 8.20. The molecular weight excluding hydrogens is 290 g/mol. The average molecular weight is 311 g/mol. The van der Waals surface area contributed by atoms with Crippen LogP contribution in [0.4, 0.5) is 0 Å². The van der Waals surface area contributed by atoms with E-state index in [-0.39, 0.29) is 24.4 Å². The zero-order chi connectivity index (χ0) is 16.2. The van der Waals surface area contributed by atoms with E-state index in [0.717, 1.165) is 48.1 Å². The molecule has 2 atom stereocenters. The molecule has 2 aromatic rings. The topological polar surface area (TPSA) is 78.8 Å². The number of benzene rings is 1. The number of carbonyl (C=O) groups is 1. The Morgan fingerprint density at radius 3 is 3.04 bits per heavy atom.